The normalized spacial score (nSPS) is 13.6. The number of aromatic nitrogens is 3. The quantitative estimate of drug-likeness (QED) is 0.819. The molecule has 1 aliphatic rings. The van der Waals surface area contributed by atoms with Crippen molar-refractivity contribution in [2.45, 2.75) is 17.0 Å². The summed E-state index contributed by atoms with van der Waals surface area (Å²) in [5.41, 5.74) is 0.903. The summed E-state index contributed by atoms with van der Waals surface area (Å²) in [5, 5.41) is 9.89. The number of amides is 1. The molecule has 96 valence electrons. The van der Waals surface area contributed by atoms with Crippen LogP contribution in [0.25, 0.3) is 0 Å². The van der Waals surface area contributed by atoms with Crippen molar-refractivity contribution in [1.82, 2.24) is 15.2 Å². The minimum absolute atomic E-state index is 0.382. The molecule has 0 radical (unpaired) electrons. The van der Waals surface area contributed by atoms with Crippen molar-refractivity contribution in [3.63, 3.8) is 0 Å². The van der Waals surface area contributed by atoms with Gasteiger partial charge in [0.05, 0.1) is 11.3 Å². The Bertz CT molecular complexity index is 713. The van der Waals surface area contributed by atoms with E-state index >= 15 is 0 Å². The molecule has 1 amide bonds. The molecule has 0 unspecified atom stereocenters. The Hall–Kier alpha value is -1.67. The number of aromatic amines is 1. The van der Waals surface area contributed by atoms with E-state index in [1.54, 1.807) is 12.1 Å². The number of nitrogens with one attached hydrogen (secondary N) is 2. The van der Waals surface area contributed by atoms with Crippen LogP contribution in [0.2, 0.25) is 0 Å². The second-order valence-electron chi connectivity index (χ2n) is 3.92. The lowest BCUT2D eigenvalue weighted by Crippen LogP contribution is -2.12. The lowest BCUT2D eigenvalue weighted by molar-refractivity contribution is -0.112. The van der Waals surface area contributed by atoms with Gasteiger partial charge in [0.1, 0.15) is 5.82 Å². The van der Waals surface area contributed by atoms with E-state index in [1.165, 1.54) is 11.8 Å². The Morgan fingerprint density at radius 2 is 2.11 bits per heavy atom. The molecule has 19 heavy (non-hydrogen) atoms. The van der Waals surface area contributed by atoms with Crippen molar-refractivity contribution < 1.29 is 9.59 Å². The topological polar surface area (TPSA) is 87.7 Å². The summed E-state index contributed by atoms with van der Waals surface area (Å²) >= 11 is 4.72. The van der Waals surface area contributed by atoms with E-state index in [2.05, 4.69) is 36.4 Å². The zero-order chi connectivity index (χ0) is 13.6. The van der Waals surface area contributed by atoms with Gasteiger partial charge in [0.2, 0.25) is 5.16 Å². The third kappa shape index (κ3) is 2.17. The summed E-state index contributed by atoms with van der Waals surface area (Å²) in [5.74, 6) is -0.387. The molecule has 0 aliphatic carbocycles. The second kappa shape index (κ2) is 4.46. The van der Waals surface area contributed by atoms with Gasteiger partial charge in [-0.05, 0) is 46.7 Å². The molecule has 0 fully saturated rings. The molecule has 1 aliphatic heterocycles. The average molecular weight is 339 g/mol. The highest BCUT2D eigenvalue weighted by atomic mass is 79.9. The van der Waals surface area contributed by atoms with Gasteiger partial charge in [-0.3, -0.25) is 14.7 Å². The summed E-state index contributed by atoms with van der Waals surface area (Å²) in [4.78, 5) is 27.9. The lowest BCUT2D eigenvalue weighted by atomic mass is 10.1. The number of anilines is 1. The maximum absolute atomic E-state index is 11.6. The van der Waals surface area contributed by atoms with E-state index in [9.17, 15) is 9.59 Å². The monoisotopic (exact) mass is 338 g/mol. The fraction of sp³-hybridized carbons (Fsp3) is 0.0909. The van der Waals surface area contributed by atoms with Crippen LogP contribution in [0.3, 0.4) is 0 Å². The number of aryl methyl sites for hydroxylation is 1. The predicted molar refractivity (Wildman–Crippen MR) is 72.3 cm³/mol. The molecular weight excluding hydrogens is 332 g/mol. The Kier molecular flexibility index (Phi) is 2.90. The smallest absolute Gasteiger partial charge is 0.296 e. The predicted octanol–water partition coefficient (Wildman–Crippen LogP) is 2.16. The van der Waals surface area contributed by atoms with Gasteiger partial charge in [0.15, 0.2) is 0 Å². The maximum atomic E-state index is 11.6. The minimum atomic E-state index is -0.599. The van der Waals surface area contributed by atoms with Crippen LogP contribution in [-0.2, 0) is 4.79 Å². The van der Waals surface area contributed by atoms with Gasteiger partial charge in [-0.2, -0.15) is 0 Å². The highest BCUT2D eigenvalue weighted by molar-refractivity contribution is 9.10. The molecule has 2 N–H and O–H groups in total. The van der Waals surface area contributed by atoms with Gasteiger partial charge in [-0.25, -0.2) is 4.98 Å². The zero-order valence-electron chi connectivity index (χ0n) is 9.65. The summed E-state index contributed by atoms with van der Waals surface area (Å²) in [7, 11) is 0. The molecule has 0 bridgehead atoms. The maximum Gasteiger partial charge on any atom is 0.296 e. The number of Topliss-reactive ketones (excluding diaryl/α,β-unsaturated/α-hetero) is 1. The van der Waals surface area contributed by atoms with E-state index in [0.717, 1.165) is 15.2 Å². The van der Waals surface area contributed by atoms with E-state index in [-0.39, 0.29) is 0 Å². The highest BCUT2D eigenvalue weighted by Crippen LogP contribution is 2.37. The molecular formula is C11H7BrN4O2S. The third-order valence-electron chi connectivity index (χ3n) is 2.55. The fourth-order valence-electron chi connectivity index (χ4n) is 1.69. The van der Waals surface area contributed by atoms with Crippen molar-refractivity contribution in [1.29, 1.82) is 0 Å². The summed E-state index contributed by atoms with van der Waals surface area (Å²) in [6.07, 6.45) is 0. The van der Waals surface area contributed by atoms with Gasteiger partial charge >= 0.3 is 0 Å². The van der Waals surface area contributed by atoms with Crippen LogP contribution in [0.5, 0.6) is 0 Å². The summed E-state index contributed by atoms with van der Waals surface area (Å²) in [6, 6.07) is 3.37. The fourth-order valence-corrected chi connectivity index (χ4v) is 3.08. The van der Waals surface area contributed by atoms with Gasteiger partial charge in [-0.15, -0.1) is 5.10 Å². The number of carbonyl (C=O) groups excluding carboxylic acids is 2. The number of ketones is 1. The molecule has 6 nitrogen and oxygen atoms in total. The van der Waals surface area contributed by atoms with Gasteiger partial charge < -0.3 is 5.32 Å². The number of hydrogen-bond donors (Lipinski definition) is 2. The number of rotatable bonds is 2. The number of nitrogens with zero attached hydrogens (tertiary/aromatic N) is 2. The molecule has 2 heterocycles. The van der Waals surface area contributed by atoms with Crippen LogP contribution in [0.4, 0.5) is 5.69 Å². The van der Waals surface area contributed by atoms with Crippen LogP contribution < -0.4 is 5.32 Å². The number of benzene rings is 1. The number of halogens is 1. The van der Waals surface area contributed by atoms with Crippen LogP contribution in [-0.4, -0.2) is 26.9 Å². The third-order valence-corrected chi connectivity index (χ3v) is 4.39. The summed E-state index contributed by atoms with van der Waals surface area (Å²) in [6.45, 7) is 1.81. The first-order valence-electron chi connectivity index (χ1n) is 5.30. The molecule has 0 atom stereocenters. The minimum Gasteiger partial charge on any atom is -0.318 e. The van der Waals surface area contributed by atoms with Crippen LogP contribution >= 0.6 is 27.7 Å². The molecule has 0 spiro atoms. The van der Waals surface area contributed by atoms with Crippen molar-refractivity contribution in [3.8, 4) is 0 Å². The SMILES string of the molecule is Cc1nc(Sc2cc3c(cc2Br)C(=O)C(=O)N3)n[nH]1. The van der Waals surface area contributed by atoms with Crippen LogP contribution in [0, 0.1) is 6.92 Å². The molecule has 2 aromatic rings. The number of carbonyl (C=O) groups is 2. The number of hydrogen-bond acceptors (Lipinski definition) is 5. The molecule has 0 saturated heterocycles. The van der Waals surface area contributed by atoms with Crippen molar-refractivity contribution >= 4 is 45.1 Å². The summed E-state index contributed by atoms with van der Waals surface area (Å²) < 4.78 is 0.726. The van der Waals surface area contributed by atoms with Gasteiger partial charge in [0.25, 0.3) is 11.7 Å². The van der Waals surface area contributed by atoms with E-state index in [0.29, 0.717) is 16.4 Å². The first-order chi connectivity index (χ1) is 9.04. The van der Waals surface area contributed by atoms with E-state index in [1.807, 2.05) is 6.92 Å². The Morgan fingerprint density at radius 1 is 1.32 bits per heavy atom. The molecule has 1 aromatic heterocycles. The zero-order valence-corrected chi connectivity index (χ0v) is 12.1. The first-order valence-corrected chi connectivity index (χ1v) is 6.91. The van der Waals surface area contributed by atoms with Gasteiger partial charge in [0, 0.05) is 9.37 Å². The van der Waals surface area contributed by atoms with E-state index < -0.39 is 11.7 Å². The molecule has 1 aromatic carbocycles. The number of H-pyrrole nitrogens is 1. The second-order valence-corrected chi connectivity index (χ2v) is 5.78. The van der Waals surface area contributed by atoms with E-state index in [4.69, 9.17) is 0 Å². The standard InChI is InChI=1S/C11H7BrN4O2S/c1-4-13-11(16-15-4)19-8-3-7-5(2-6(8)12)9(17)10(18)14-7/h2-3H,1H3,(H,13,15,16)(H,14,17,18). The Labute approximate surface area is 120 Å². The van der Waals surface area contributed by atoms with Crippen molar-refractivity contribution in [2.24, 2.45) is 0 Å². The molecule has 0 saturated carbocycles. The van der Waals surface area contributed by atoms with Crippen molar-refractivity contribution in [2.75, 3.05) is 5.32 Å². The number of fused-ring (bicyclic) bond motifs is 1. The van der Waals surface area contributed by atoms with Crippen LogP contribution in [0.1, 0.15) is 16.2 Å². The highest BCUT2D eigenvalue weighted by Gasteiger charge is 2.29. The average Bonchev–Trinajstić information content (AvgIpc) is 2.87. The molecule has 8 heteroatoms. The Balaban J connectivity index is 1.98. The van der Waals surface area contributed by atoms with Gasteiger partial charge in [-0.1, -0.05) is 0 Å². The van der Waals surface area contributed by atoms with Crippen LogP contribution in [0.15, 0.2) is 26.7 Å². The first kappa shape index (κ1) is 12.4. The Morgan fingerprint density at radius 3 is 2.79 bits per heavy atom. The van der Waals surface area contributed by atoms with Crippen molar-refractivity contribution in [3.05, 3.63) is 28.0 Å². The lowest BCUT2D eigenvalue weighted by Gasteiger charge is -2.04. The molecule has 3 rings (SSSR count). The largest absolute Gasteiger partial charge is 0.318 e.